The molecule has 1 aromatic rings. The zero-order valence-electron chi connectivity index (χ0n) is 11.8. The maximum atomic E-state index is 11.0. The quantitative estimate of drug-likeness (QED) is 0.840. The van der Waals surface area contributed by atoms with E-state index in [1.165, 1.54) is 6.92 Å². The maximum absolute atomic E-state index is 11.0. The molecule has 0 fully saturated rings. The summed E-state index contributed by atoms with van der Waals surface area (Å²) in [7, 11) is 1.71. The number of halogens is 1. The number of carbonyl (C=O) groups is 1. The predicted molar refractivity (Wildman–Crippen MR) is 80.0 cm³/mol. The van der Waals surface area contributed by atoms with E-state index in [9.17, 15) is 4.79 Å². The molecule has 0 aliphatic rings. The molecule has 1 rings (SSSR count). The summed E-state index contributed by atoms with van der Waals surface area (Å²) in [5.74, 6) is -0.135. The Labute approximate surface area is 119 Å². The lowest BCUT2D eigenvalue weighted by Gasteiger charge is -2.23. The first-order valence-electron chi connectivity index (χ1n) is 6.20. The van der Waals surface area contributed by atoms with E-state index < -0.39 is 0 Å². The van der Waals surface area contributed by atoms with Gasteiger partial charge in [0.2, 0.25) is 5.91 Å². The Morgan fingerprint density at radius 3 is 2.63 bits per heavy atom. The third kappa shape index (κ3) is 5.49. The monoisotopic (exact) mass is 284 g/mol. The molecule has 5 heteroatoms. The Hall–Kier alpha value is -1.26. The number of rotatable bonds is 6. The van der Waals surface area contributed by atoms with E-state index in [4.69, 9.17) is 16.3 Å². The average molecular weight is 285 g/mol. The van der Waals surface area contributed by atoms with E-state index in [0.717, 1.165) is 18.7 Å². The molecule has 4 nitrogen and oxygen atoms in total. The smallest absolute Gasteiger partial charge is 0.221 e. The van der Waals surface area contributed by atoms with Crippen LogP contribution in [0.5, 0.6) is 0 Å². The fourth-order valence-electron chi connectivity index (χ4n) is 1.53. The van der Waals surface area contributed by atoms with Gasteiger partial charge in [0.25, 0.3) is 0 Å². The lowest BCUT2D eigenvalue weighted by molar-refractivity contribution is -0.114. The molecule has 0 radical (unpaired) electrons. The molecule has 0 bridgehead atoms. The molecule has 1 aromatic carbocycles. The number of hydrogen-bond donors (Lipinski definition) is 2. The second kappa shape index (κ2) is 6.78. The molecule has 0 aliphatic heterocycles. The van der Waals surface area contributed by atoms with Gasteiger partial charge in [0.05, 0.1) is 16.3 Å². The number of benzene rings is 1. The van der Waals surface area contributed by atoms with Crippen molar-refractivity contribution in [1.29, 1.82) is 0 Å². The molecule has 1 amide bonds. The Balaban J connectivity index is 2.57. The molecule has 0 aliphatic carbocycles. The number of nitrogens with one attached hydrogen (secondary N) is 2. The summed E-state index contributed by atoms with van der Waals surface area (Å²) in [6.45, 7) is 6.33. The Morgan fingerprint density at radius 1 is 1.42 bits per heavy atom. The fraction of sp³-hybridized carbons (Fsp3) is 0.500. The van der Waals surface area contributed by atoms with Crippen molar-refractivity contribution in [1.82, 2.24) is 0 Å². The van der Waals surface area contributed by atoms with E-state index in [1.807, 2.05) is 19.9 Å². The van der Waals surface area contributed by atoms with Crippen LogP contribution in [0.2, 0.25) is 5.02 Å². The lowest BCUT2D eigenvalue weighted by Crippen LogP contribution is -2.25. The standard InChI is InChI=1S/C14H21ClN2O2/c1-10(18)17-13-6-5-11(9-12(13)15)16-8-7-14(2,3)19-4/h5-6,9,16H,7-8H2,1-4H3,(H,17,18). The molecular weight excluding hydrogens is 264 g/mol. The number of anilines is 2. The topological polar surface area (TPSA) is 50.4 Å². The molecule has 0 heterocycles. The van der Waals surface area contributed by atoms with Gasteiger partial charge in [0.15, 0.2) is 0 Å². The Kier molecular flexibility index (Phi) is 5.63. The highest BCUT2D eigenvalue weighted by molar-refractivity contribution is 6.34. The maximum Gasteiger partial charge on any atom is 0.221 e. The summed E-state index contributed by atoms with van der Waals surface area (Å²) < 4.78 is 5.35. The van der Waals surface area contributed by atoms with Crippen LogP contribution in [-0.4, -0.2) is 25.2 Å². The van der Waals surface area contributed by atoms with Gasteiger partial charge in [-0.2, -0.15) is 0 Å². The molecule has 0 atom stereocenters. The first-order chi connectivity index (χ1) is 8.84. The molecule has 0 unspecified atom stereocenters. The van der Waals surface area contributed by atoms with Crippen LogP contribution >= 0.6 is 11.6 Å². The van der Waals surface area contributed by atoms with Crippen molar-refractivity contribution in [3.05, 3.63) is 23.2 Å². The van der Waals surface area contributed by atoms with Gasteiger partial charge in [-0.05, 0) is 38.5 Å². The predicted octanol–water partition coefficient (Wildman–Crippen LogP) is 3.53. The number of hydrogen-bond acceptors (Lipinski definition) is 3. The van der Waals surface area contributed by atoms with Gasteiger partial charge in [-0.3, -0.25) is 4.79 Å². The lowest BCUT2D eigenvalue weighted by atomic mass is 10.1. The summed E-state index contributed by atoms with van der Waals surface area (Å²) >= 11 is 6.09. The summed E-state index contributed by atoms with van der Waals surface area (Å²) in [6.07, 6.45) is 0.883. The van der Waals surface area contributed by atoms with Crippen molar-refractivity contribution < 1.29 is 9.53 Å². The van der Waals surface area contributed by atoms with E-state index in [0.29, 0.717) is 10.7 Å². The summed E-state index contributed by atoms with van der Waals surface area (Å²) in [6, 6.07) is 5.47. The Morgan fingerprint density at radius 2 is 2.11 bits per heavy atom. The SMILES string of the molecule is COC(C)(C)CCNc1ccc(NC(C)=O)c(Cl)c1. The van der Waals surface area contributed by atoms with Crippen molar-refractivity contribution in [2.75, 3.05) is 24.3 Å². The molecule has 106 valence electrons. The Bertz CT molecular complexity index is 447. The van der Waals surface area contributed by atoms with Crippen molar-refractivity contribution in [2.45, 2.75) is 32.8 Å². The van der Waals surface area contributed by atoms with Crippen LogP contribution in [0.4, 0.5) is 11.4 Å². The first kappa shape index (κ1) is 15.8. The van der Waals surface area contributed by atoms with Gasteiger partial charge < -0.3 is 15.4 Å². The molecule has 0 spiro atoms. The van der Waals surface area contributed by atoms with Crippen LogP contribution in [0.25, 0.3) is 0 Å². The van der Waals surface area contributed by atoms with Gasteiger partial charge in [0.1, 0.15) is 0 Å². The van der Waals surface area contributed by atoms with Crippen molar-refractivity contribution >= 4 is 28.9 Å². The van der Waals surface area contributed by atoms with Crippen LogP contribution in [0.1, 0.15) is 27.2 Å². The minimum atomic E-state index is -0.146. The van der Waals surface area contributed by atoms with E-state index >= 15 is 0 Å². The summed E-state index contributed by atoms with van der Waals surface area (Å²) in [4.78, 5) is 11.0. The average Bonchev–Trinajstić information content (AvgIpc) is 2.32. The molecule has 0 aromatic heterocycles. The number of ether oxygens (including phenoxy) is 1. The van der Waals surface area contributed by atoms with Gasteiger partial charge in [-0.1, -0.05) is 11.6 Å². The zero-order chi connectivity index (χ0) is 14.5. The highest BCUT2D eigenvalue weighted by atomic mass is 35.5. The van der Waals surface area contributed by atoms with Gasteiger partial charge in [-0.25, -0.2) is 0 Å². The third-order valence-electron chi connectivity index (χ3n) is 2.89. The number of amides is 1. The van der Waals surface area contributed by atoms with Crippen molar-refractivity contribution in [3.63, 3.8) is 0 Å². The minimum absolute atomic E-state index is 0.135. The third-order valence-corrected chi connectivity index (χ3v) is 3.20. The number of methoxy groups -OCH3 is 1. The van der Waals surface area contributed by atoms with Crippen LogP contribution < -0.4 is 10.6 Å². The molecule has 2 N–H and O–H groups in total. The second-order valence-electron chi connectivity index (χ2n) is 5.02. The van der Waals surface area contributed by atoms with Crippen LogP contribution in [0.15, 0.2) is 18.2 Å². The molecule has 19 heavy (non-hydrogen) atoms. The van der Waals surface area contributed by atoms with Crippen LogP contribution in [0, 0.1) is 0 Å². The highest BCUT2D eigenvalue weighted by Crippen LogP contribution is 2.25. The van der Waals surface area contributed by atoms with E-state index in [-0.39, 0.29) is 11.5 Å². The largest absolute Gasteiger partial charge is 0.385 e. The van der Waals surface area contributed by atoms with E-state index in [2.05, 4.69) is 10.6 Å². The molecule has 0 saturated carbocycles. The van der Waals surface area contributed by atoms with E-state index in [1.54, 1.807) is 19.2 Å². The van der Waals surface area contributed by atoms with Gasteiger partial charge >= 0.3 is 0 Å². The normalized spacial score (nSPS) is 11.2. The number of carbonyl (C=O) groups excluding carboxylic acids is 1. The molecule has 0 saturated heterocycles. The summed E-state index contributed by atoms with van der Waals surface area (Å²) in [5.41, 5.74) is 1.40. The van der Waals surface area contributed by atoms with Crippen molar-refractivity contribution in [2.24, 2.45) is 0 Å². The second-order valence-corrected chi connectivity index (χ2v) is 5.42. The van der Waals surface area contributed by atoms with Crippen LogP contribution in [0.3, 0.4) is 0 Å². The highest BCUT2D eigenvalue weighted by Gasteiger charge is 2.15. The zero-order valence-corrected chi connectivity index (χ0v) is 12.6. The minimum Gasteiger partial charge on any atom is -0.385 e. The van der Waals surface area contributed by atoms with Gasteiger partial charge in [-0.15, -0.1) is 0 Å². The molecular formula is C14H21ClN2O2. The van der Waals surface area contributed by atoms with Crippen LogP contribution in [-0.2, 0) is 9.53 Å². The van der Waals surface area contributed by atoms with Gasteiger partial charge in [0, 0.05) is 26.3 Å². The first-order valence-corrected chi connectivity index (χ1v) is 6.58. The van der Waals surface area contributed by atoms with Crippen molar-refractivity contribution in [3.8, 4) is 0 Å². The summed E-state index contributed by atoms with van der Waals surface area (Å²) in [5, 5.41) is 6.47. The fourth-order valence-corrected chi connectivity index (χ4v) is 1.75.